The largest absolute Gasteiger partial charge is 0.317 e. The first-order valence-electron chi connectivity index (χ1n) is 6.62. The average Bonchev–Trinajstić information content (AvgIpc) is 2.25. The predicted molar refractivity (Wildman–Crippen MR) is 70.9 cm³/mol. The summed E-state index contributed by atoms with van der Waals surface area (Å²) in [4.78, 5) is 4.96. The van der Waals surface area contributed by atoms with Gasteiger partial charge in [-0.1, -0.05) is 0 Å². The number of rotatable bonds is 5. The Morgan fingerprint density at radius 2 is 2.12 bits per heavy atom. The molecule has 3 nitrogen and oxygen atoms in total. The zero-order chi connectivity index (χ0) is 12.1. The van der Waals surface area contributed by atoms with Crippen molar-refractivity contribution < 1.29 is 0 Å². The van der Waals surface area contributed by atoms with Crippen LogP contribution in [0.4, 0.5) is 0 Å². The fraction of sp³-hybridized carbons (Fsp3) is 1.00. The molecule has 3 atom stereocenters. The van der Waals surface area contributed by atoms with Gasteiger partial charge in [-0.3, -0.25) is 4.90 Å². The molecule has 0 saturated carbocycles. The van der Waals surface area contributed by atoms with Gasteiger partial charge in [-0.25, -0.2) is 0 Å². The third-order valence-corrected chi connectivity index (χ3v) is 3.90. The van der Waals surface area contributed by atoms with E-state index in [-0.39, 0.29) is 0 Å². The van der Waals surface area contributed by atoms with Gasteiger partial charge in [0.15, 0.2) is 0 Å². The Hall–Kier alpha value is -0.120. The van der Waals surface area contributed by atoms with Crippen molar-refractivity contribution in [1.82, 2.24) is 15.1 Å². The van der Waals surface area contributed by atoms with E-state index in [4.69, 9.17) is 0 Å². The summed E-state index contributed by atoms with van der Waals surface area (Å²) in [7, 11) is 6.40. The molecule has 1 N–H and O–H groups in total. The highest BCUT2D eigenvalue weighted by molar-refractivity contribution is 4.85. The Morgan fingerprint density at radius 1 is 1.44 bits per heavy atom. The molecule has 0 aliphatic carbocycles. The Kier molecular flexibility index (Phi) is 5.73. The van der Waals surface area contributed by atoms with Crippen LogP contribution in [0.5, 0.6) is 0 Å². The lowest BCUT2D eigenvalue weighted by molar-refractivity contribution is 0.0891. The van der Waals surface area contributed by atoms with Crippen LogP contribution in [0.2, 0.25) is 0 Å². The molecule has 1 heterocycles. The number of nitrogens with one attached hydrogen (secondary N) is 1. The van der Waals surface area contributed by atoms with E-state index in [1.54, 1.807) is 0 Å². The van der Waals surface area contributed by atoms with Crippen LogP contribution >= 0.6 is 0 Å². The number of nitrogens with zero attached hydrogens (tertiary/aromatic N) is 2. The number of piperidine rings is 1. The van der Waals surface area contributed by atoms with Crippen molar-refractivity contribution in [3.63, 3.8) is 0 Å². The smallest absolute Gasteiger partial charge is 0.00910 e. The van der Waals surface area contributed by atoms with Crippen LogP contribution in [0.1, 0.15) is 33.1 Å². The van der Waals surface area contributed by atoms with Crippen molar-refractivity contribution in [3.05, 3.63) is 0 Å². The van der Waals surface area contributed by atoms with Crippen LogP contribution in [0.3, 0.4) is 0 Å². The van der Waals surface area contributed by atoms with E-state index in [0.717, 1.165) is 18.1 Å². The summed E-state index contributed by atoms with van der Waals surface area (Å²) >= 11 is 0. The number of likely N-dealkylation sites (tertiary alicyclic amines) is 1. The highest BCUT2D eigenvalue weighted by Crippen LogP contribution is 2.20. The lowest BCUT2D eigenvalue weighted by Crippen LogP contribution is -2.50. The highest BCUT2D eigenvalue weighted by Gasteiger charge is 2.27. The molecule has 0 aromatic carbocycles. The second kappa shape index (κ2) is 6.58. The van der Waals surface area contributed by atoms with Gasteiger partial charge in [0.25, 0.3) is 0 Å². The molecule has 0 aromatic heterocycles. The normalized spacial score (nSPS) is 29.6. The zero-order valence-corrected chi connectivity index (χ0v) is 11.7. The summed E-state index contributed by atoms with van der Waals surface area (Å²) in [6.07, 6.45) is 3.87. The van der Waals surface area contributed by atoms with Crippen LogP contribution in [-0.4, -0.2) is 62.2 Å². The van der Waals surface area contributed by atoms with Gasteiger partial charge in [-0.15, -0.1) is 0 Å². The second-order valence-corrected chi connectivity index (χ2v) is 5.54. The maximum Gasteiger partial charge on any atom is 0.00910 e. The van der Waals surface area contributed by atoms with E-state index in [1.165, 1.54) is 32.4 Å². The zero-order valence-electron chi connectivity index (χ0n) is 11.7. The highest BCUT2D eigenvalue weighted by atomic mass is 15.2. The third kappa shape index (κ3) is 4.04. The first-order valence-corrected chi connectivity index (χ1v) is 6.62. The minimum absolute atomic E-state index is 0.718. The van der Waals surface area contributed by atoms with Gasteiger partial charge in [-0.05, 0) is 60.8 Å². The van der Waals surface area contributed by atoms with Crippen molar-refractivity contribution >= 4 is 0 Å². The molecule has 0 spiro atoms. The summed E-state index contributed by atoms with van der Waals surface area (Å²) in [5.41, 5.74) is 0. The minimum atomic E-state index is 0.718. The van der Waals surface area contributed by atoms with Gasteiger partial charge >= 0.3 is 0 Å². The molecule has 3 heteroatoms. The van der Waals surface area contributed by atoms with Crippen LogP contribution in [0.15, 0.2) is 0 Å². The van der Waals surface area contributed by atoms with Crippen LogP contribution in [0, 0.1) is 0 Å². The summed E-state index contributed by atoms with van der Waals surface area (Å²) in [5, 5.41) is 3.41. The topological polar surface area (TPSA) is 18.5 Å². The first kappa shape index (κ1) is 13.9. The molecule has 3 unspecified atom stereocenters. The molecule has 16 heavy (non-hydrogen) atoms. The molecule has 1 rings (SSSR count). The van der Waals surface area contributed by atoms with E-state index in [9.17, 15) is 0 Å². The summed E-state index contributed by atoms with van der Waals surface area (Å²) in [6.45, 7) is 7.19. The predicted octanol–water partition coefficient (Wildman–Crippen LogP) is 1.40. The van der Waals surface area contributed by atoms with Crippen molar-refractivity contribution in [2.24, 2.45) is 0 Å². The Balaban J connectivity index is 2.36. The van der Waals surface area contributed by atoms with E-state index in [2.05, 4.69) is 50.1 Å². The van der Waals surface area contributed by atoms with Crippen molar-refractivity contribution in [3.8, 4) is 0 Å². The van der Waals surface area contributed by atoms with Gasteiger partial charge in [0.05, 0.1) is 0 Å². The molecule has 1 saturated heterocycles. The lowest BCUT2D eigenvalue weighted by atomic mass is 9.96. The molecule has 0 bridgehead atoms. The standard InChI is InChI=1S/C13H29N3/c1-11(6-8-15(4)5)16-9-7-13(14-3)10-12(16)2/h11-14H,6-10H2,1-5H3. The van der Waals surface area contributed by atoms with Crippen LogP contribution < -0.4 is 5.32 Å². The van der Waals surface area contributed by atoms with E-state index in [1.807, 2.05) is 0 Å². The van der Waals surface area contributed by atoms with Gasteiger partial charge in [0.1, 0.15) is 0 Å². The number of hydrogen-bond acceptors (Lipinski definition) is 3. The number of hydrogen-bond donors (Lipinski definition) is 1. The van der Waals surface area contributed by atoms with Crippen molar-refractivity contribution in [1.29, 1.82) is 0 Å². The Labute approximate surface area is 101 Å². The minimum Gasteiger partial charge on any atom is -0.317 e. The van der Waals surface area contributed by atoms with Gasteiger partial charge in [-0.2, -0.15) is 0 Å². The quantitative estimate of drug-likeness (QED) is 0.766. The SMILES string of the molecule is CNC1CCN(C(C)CCN(C)C)C(C)C1. The molecular weight excluding hydrogens is 198 g/mol. The van der Waals surface area contributed by atoms with Crippen molar-refractivity contribution in [2.75, 3.05) is 34.2 Å². The first-order chi connectivity index (χ1) is 7.54. The van der Waals surface area contributed by atoms with Gasteiger partial charge in [0.2, 0.25) is 0 Å². The molecule has 1 aliphatic rings. The molecule has 0 aromatic rings. The molecular formula is C13H29N3. The fourth-order valence-corrected chi connectivity index (χ4v) is 2.72. The van der Waals surface area contributed by atoms with E-state index < -0.39 is 0 Å². The third-order valence-electron chi connectivity index (χ3n) is 3.90. The molecule has 1 aliphatic heterocycles. The average molecular weight is 227 g/mol. The Morgan fingerprint density at radius 3 is 2.62 bits per heavy atom. The van der Waals surface area contributed by atoms with Crippen LogP contribution in [-0.2, 0) is 0 Å². The second-order valence-electron chi connectivity index (χ2n) is 5.54. The fourth-order valence-electron chi connectivity index (χ4n) is 2.72. The summed E-state index contributed by atoms with van der Waals surface area (Å²) < 4.78 is 0. The van der Waals surface area contributed by atoms with E-state index >= 15 is 0 Å². The van der Waals surface area contributed by atoms with Crippen molar-refractivity contribution in [2.45, 2.75) is 51.2 Å². The van der Waals surface area contributed by atoms with Crippen LogP contribution in [0.25, 0.3) is 0 Å². The summed E-state index contributed by atoms with van der Waals surface area (Å²) in [6, 6.07) is 2.17. The summed E-state index contributed by atoms with van der Waals surface area (Å²) in [5.74, 6) is 0. The maximum absolute atomic E-state index is 3.41. The van der Waals surface area contributed by atoms with E-state index in [0.29, 0.717) is 0 Å². The maximum atomic E-state index is 3.41. The van der Waals surface area contributed by atoms with Gasteiger partial charge < -0.3 is 10.2 Å². The monoisotopic (exact) mass is 227 g/mol. The molecule has 96 valence electrons. The molecule has 0 radical (unpaired) electrons. The molecule has 1 fully saturated rings. The van der Waals surface area contributed by atoms with Gasteiger partial charge in [0, 0.05) is 24.7 Å². The Bertz CT molecular complexity index is 194. The molecule has 0 amide bonds. The lowest BCUT2D eigenvalue weighted by Gasteiger charge is -2.41.